The molecule has 10 heteroatoms. The second kappa shape index (κ2) is 5.49. The third-order valence-corrected chi connectivity index (χ3v) is 3.55. The van der Waals surface area contributed by atoms with Crippen molar-refractivity contribution in [1.29, 1.82) is 0 Å². The van der Waals surface area contributed by atoms with Crippen molar-refractivity contribution >= 4 is 11.6 Å². The van der Waals surface area contributed by atoms with E-state index in [9.17, 15) is 26.7 Å². The third kappa shape index (κ3) is 3.06. The Kier molecular flexibility index (Phi) is 4.16. The highest BCUT2D eigenvalue weighted by molar-refractivity contribution is 5.94. The first-order chi connectivity index (χ1) is 10.0. The molecule has 1 fully saturated rings. The number of amides is 1. The summed E-state index contributed by atoms with van der Waals surface area (Å²) in [6.07, 6.45) is -5.41. The summed E-state index contributed by atoms with van der Waals surface area (Å²) in [5.41, 5.74) is -2.24. The molecule has 0 saturated carbocycles. The predicted molar refractivity (Wildman–Crippen MR) is 65.4 cm³/mol. The van der Waals surface area contributed by atoms with Crippen LogP contribution in [-0.4, -0.2) is 33.6 Å². The van der Waals surface area contributed by atoms with Crippen molar-refractivity contribution in [2.75, 3.05) is 5.32 Å². The SMILES string of the molecule is Cc1nn(C(F)F)cc1NC(=O)C1CC[C@](C)(C(F)(F)F)O1. The number of ether oxygens (including phenoxy) is 1. The molecule has 1 aliphatic rings. The fourth-order valence-electron chi connectivity index (χ4n) is 2.15. The van der Waals surface area contributed by atoms with Gasteiger partial charge in [0, 0.05) is 0 Å². The van der Waals surface area contributed by atoms with Crippen molar-refractivity contribution in [3.63, 3.8) is 0 Å². The summed E-state index contributed by atoms with van der Waals surface area (Å²) in [5, 5.41) is 5.76. The molecule has 2 rings (SSSR count). The Morgan fingerprint density at radius 3 is 2.64 bits per heavy atom. The summed E-state index contributed by atoms with van der Waals surface area (Å²) in [7, 11) is 0. The van der Waals surface area contributed by atoms with Crippen molar-refractivity contribution < 1.29 is 31.5 Å². The maximum absolute atomic E-state index is 12.8. The molecule has 0 bridgehead atoms. The van der Waals surface area contributed by atoms with Crippen LogP contribution in [0, 0.1) is 6.92 Å². The van der Waals surface area contributed by atoms with Crippen LogP contribution in [0.1, 0.15) is 32.0 Å². The summed E-state index contributed by atoms with van der Waals surface area (Å²) in [6.45, 7) is -0.606. The fourth-order valence-corrected chi connectivity index (χ4v) is 2.15. The summed E-state index contributed by atoms with van der Waals surface area (Å²) in [4.78, 5) is 11.9. The largest absolute Gasteiger partial charge is 0.417 e. The molecule has 1 aliphatic heterocycles. The van der Waals surface area contributed by atoms with E-state index in [1.807, 2.05) is 0 Å². The van der Waals surface area contributed by atoms with E-state index in [-0.39, 0.29) is 24.2 Å². The molecular weight excluding hydrogens is 313 g/mol. The molecule has 0 radical (unpaired) electrons. The Morgan fingerprint density at radius 2 is 2.18 bits per heavy atom. The number of rotatable bonds is 3. The summed E-state index contributed by atoms with van der Waals surface area (Å²) < 4.78 is 68.6. The predicted octanol–water partition coefficient (Wildman–Crippen LogP) is 3.03. The molecule has 1 aromatic rings. The van der Waals surface area contributed by atoms with Gasteiger partial charge in [-0.15, -0.1) is 0 Å². The van der Waals surface area contributed by atoms with E-state index in [1.54, 1.807) is 0 Å². The topological polar surface area (TPSA) is 56.2 Å². The van der Waals surface area contributed by atoms with E-state index in [0.29, 0.717) is 4.68 Å². The Balaban J connectivity index is 2.05. The molecule has 1 N–H and O–H groups in total. The zero-order valence-corrected chi connectivity index (χ0v) is 11.7. The lowest BCUT2D eigenvalue weighted by atomic mass is 10.0. The molecule has 0 aliphatic carbocycles. The maximum Gasteiger partial charge on any atom is 0.417 e. The van der Waals surface area contributed by atoms with Gasteiger partial charge in [0.05, 0.1) is 17.6 Å². The molecule has 5 nitrogen and oxygen atoms in total. The zero-order chi connectivity index (χ0) is 16.7. The second-order valence-electron chi connectivity index (χ2n) is 5.25. The summed E-state index contributed by atoms with van der Waals surface area (Å²) in [6, 6.07) is 0. The minimum absolute atomic E-state index is 0.00881. The first-order valence-corrected chi connectivity index (χ1v) is 6.43. The fraction of sp³-hybridized carbons (Fsp3) is 0.667. The van der Waals surface area contributed by atoms with Crippen molar-refractivity contribution in [3.8, 4) is 0 Å². The highest BCUT2D eigenvalue weighted by atomic mass is 19.4. The van der Waals surface area contributed by atoms with Gasteiger partial charge in [-0.25, -0.2) is 4.68 Å². The lowest BCUT2D eigenvalue weighted by Crippen LogP contribution is -2.43. The first kappa shape index (κ1) is 16.7. The van der Waals surface area contributed by atoms with E-state index in [2.05, 4.69) is 10.4 Å². The molecule has 0 spiro atoms. The minimum Gasteiger partial charge on any atom is -0.353 e. The number of carbonyl (C=O) groups is 1. The molecule has 2 atom stereocenters. The molecule has 1 amide bonds. The number of carbonyl (C=O) groups excluding carboxylic acids is 1. The van der Waals surface area contributed by atoms with Crippen molar-refractivity contribution in [1.82, 2.24) is 9.78 Å². The second-order valence-corrected chi connectivity index (χ2v) is 5.25. The van der Waals surface area contributed by atoms with Crippen LogP contribution in [0.2, 0.25) is 0 Å². The number of aromatic nitrogens is 2. The molecule has 1 aromatic heterocycles. The molecule has 124 valence electrons. The Morgan fingerprint density at radius 1 is 1.55 bits per heavy atom. The molecule has 22 heavy (non-hydrogen) atoms. The van der Waals surface area contributed by atoms with Crippen molar-refractivity contribution in [3.05, 3.63) is 11.9 Å². The lowest BCUT2D eigenvalue weighted by molar-refractivity contribution is -0.261. The molecule has 1 saturated heterocycles. The van der Waals surface area contributed by atoms with Gasteiger partial charge in [0.1, 0.15) is 6.10 Å². The number of hydrogen-bond donors (Lipinski definition) is 1. The lowest BCUT2D eigenvalue weighted by Gasteiger charge is -2.27. The Labute approximate surface area is 122 Å². The van der Waals surface area contributed by atoms with Crippen LogP contribution in [0.15, 0.2) is 6.20 Å². The van der Waals surface area contributed by atoms with Gasteiger partial charge in [-0.1, -0.05) is 0 Å². The van der Waals surface area contributed by atoms with Crippen molar-refractivity contribution in [2.24, 2.45) is 0 Å². The highest BCUT2D eigenvalue weighted by Gasteiger charge is 2.57. The smallest absolute Gasteiger partial charge is 0.353 e. The average Bonchev–Trinajstić information content (AvgIpc) is 2.94. The maximum atomic E-state index is 12.8. The van der Waals surface area contributed by atoms with Gasteiger partial charge in [0.2, 0.25) is 0 Å². The van der Waals surface area contributed by atoms with Gasteiger partial charge in [0.25, 0.3) is 5.91 Å². The van der Waals surface area contributed by atoms with Gasteiger partial charge in [-0.2, -0.15) is 27.1 Å². The van der Waals surface area contributed by atoms with Gasteiger partial charge in [0.15, 0.2) is 5.60 Å². The van der Waals surface area contributed by atoms with Crippen LogP contribution in [0.3, 0.4) is 0 Å². The summed E-state index contributed by atoms with van der Waals surface area (Å²) in [5.74, 6) is -0.815. The number of halogens is 5. The number of aryl methyl sites for hydroxylation is 1. The van der Waals surface area contributed by atoms with E-state index >= 15 is 0 Å². The van der Waals surface area contributed by atoms with Crippen LogP contribution in [0.5, 0.6) is 0 Å². The van der Waals surface area contributed by atoms with E-state index in [4.69, 9.17) is 4.74 Å². The first-order valence-electron chi connectivity index (χ1n) is 6.43. The molecule has 1 unspecified atom stereocenters. The van der Waals surface area contributed by atoms with Crippen LogP contribution in [0.4, 0.5) is 27.6 Å². The zero-order valence-electron chi connectivity index (χ0n) is 11.7. The van der Waals surface area contributed by atoms with Crippen LogP contribution < -0.4 is 5.32 Å². The molecule has 0 aromatic carbocycles. The number of alkyl halides is 5. The third-order valence-electron chi connectivity index (χ3n) is 3.55. The van der Waals surface area contributed by atoms with E-state index in [1.165, 1.54) is 6.92 Å². The Bertz CT molecular complexity index is 572. The highest BCUT2D eigenvalue weighted by Crippen LogP contribution is 2.43. The summed E-state index contributed by atoms with van der Waals surface area (Å²) >= 11 is 0. The van der Waals surface area contributed by atoms with Gasteiger partial charge >= 0.3 is 12.7 Å². The quantitative estimate of drug-likeness (QED) is 0.868. The number of nitrogens with zero attached hydrogens (tertiary/aromatic N) is 2. The van der Waals surface area contributed by atoms with Crippen molar-refractivity contribution in [2.45, 2.75) is 51.1 Å². The van der Waals surface area contributed by atoms with Crippen LogP contribution >= 0.6 is 0 Å². The van der Waals surface area contributed by atoms with E-state index < -0.39 is 30.3 Å². The number of anilines is 1. The molecule has 2 heterocycles. The average molecular weight is 327 g/mol. The van der Waals surface area contributed by atoms with Gasteiger partial charge in [-0.3, -0.25) is 4.79 Å². The van der Waals surface area contributed by atoms with Crippen LogP contribution in [0.25, 0.3) is 0 Å². The number of hydrogen-bond acceptors (Lipinski definition) is 3. The van der Waals surface area contributed by atoms with E-state index in [0.717, 1.165) is 13.1 Å². The normalized spacial score (nSPS) is 25.7. The molecular formula is C12H14F5N3O2. The van der Waals surface area contributed by atoms with Crippen LogP contribution in [-0.2, 0) is 9.53 Å². The number of nitrogens with one attached hydrogen (secondary N) is 1. The standard InChI is InChI=1S/C12H14F5N3O2/c1-6-7(5-20(19-6)10(13)14)18-9(21)8-3-4-11(2,22-8)12(15,16)17/h5,8,10H,3-4H2,1-2H3,(H,18,21)/t8?,11-/m1/s1. The monoisotopic (exact) mass is 327 g/mol. The minimum atomic E-state index is -4.58. The van der Waals surface area contributed by atoms with Gasteiger partial charge in [-0.05, 0) is 26.7 Å². The Hall–Kier alpha value is -1.71. The van der Waals surface area contributed by atoms with Gasteiger partial charge < -0.3 is 10.1 Å².